The Morgan fingerprint density at radius 2 is 1.67 bits per heavy atom. The highest BCUT2D eigenvalue weighted by Crippen LogP contribution is 2.10. The van der Waals surface area contributed by atoms with Gasteiger partial charge in [0.2, 0.25) is 0 Å². The normalized spacial score (nSPS) is 17.9. The van der Waals surface area contributed by atoms with Gasteiger partial charge in [0, 0.05) is 0 Å². The van der Waals surface area contributed by atoms with Crippen molar-refractivity contribution in [3.05, 3.63) is 66.2 Å². The van der Waals surface area contributed by atoms with Gasteiger partial charge >= 0.3 is 0 Å². The number of aliphatic imine (C=N–C) groups is 1. The number of hydrogen-bond acceptors (Lipinski definition) is 4. The second-order valence-corrected chi connectivity index (χ2v) is 5.05. The lowest BCUT2D eigenvalue weighted by molar-refractivity contribution is 0.141. The third kappa shape index (κ3) is 4.07. The van der Waals surface area contributed by atoms with Crippen LogP contribution in [0.5, 0.6) is 0 Å². The Kier molecular flexibility index (Phi) is 4.49. The number of nitrogens with one attached hydrogen (secondary N) is 2. The topological polar surface area (TPSA) is 45.6 Å². The van der Waals surface area contributed by atoms with Crippen molar-refractivity contribution in [2.45, 2.75) is 12.5 Å². The van der Waals surface area contributed by atoms with Crippen LogP contribution in [0, 0.1) is 0 Å². The van der Waals surface area contributed by atoms with E-state index in [-0.39, 0.29) is 6.04 Å². The SMILES string of the molecule is c1ccc(C[C@H]2COCC(NNc3ccccc3)=N2)cc1. The zero-order valence-electron chi connectivity index (χ0n) is 11.8. The molecule has 4 nitrogen and oxygen atoms in total. The van der Waals surface area contributed by atoms with E-state index in [9.17, 15) is 0 Å². The fraction of sp³-hybridized carbons (Fsp3) is 0.235. The van der Waals surface area contributed by atoms with Gasteiger partial charge in [0.25, 0.3) is 0 Å². The zero-order chi connectivity index (χ0) is 14.3. The van der Waals surface area contributed by atoms with Gasteiger partial charge in [-0.25, -0.2) is 0 Å². The summed E-state index contributed by atoms with van der Waals surface area (Å²) < 4.78 is 5.62. The molecule has 1 heterocycles. The van der Waals surface area contributed by atoms with Crippen molar-refractivity contribution in [3.8, 4) is 0 Å². The predicted octanol–water partition coefficient (Wildman–Crippen LogP) is 2.64. The van der Waals surface area contributed by atoms with Gasteiger partial charge in [-0.3, -0.25) is 15.8 Å². The van der Waals surface area contributed by atoms with Crippen molar-refractivity contribution in [2.24, 2.45) is 4.99 Å². The van der Waals surface area contributed by atoms with Crippen molar-refractivity contribution in [2.75, 3.05) is 18.6 Å². The van der Waals surface area contributed by atoms with Gasteiger partial charge in [-0.15, -0.1) is 0 Å². The predicted molar refractivity (Wildman–Crippen MR) is 85.4 cm³/mol. The molecule has 0 spiro atoms. The lowest BCUT2D eigenvalue weighted by atomic mass is 10.1. The first-order valence-corrected chi connectivity index (χ1v) is 7.15. The van der Waals surface area contributed by atoms with Crippen molar-refractivity contribution in [3.63, 3.8) is 0 Å². The van der Waals surface area contributed by atoms with Gasteiger partial charge in [0.1, 0.15) is 12.4 Å². The summed E-state index contributed by atoms with van der Waals surface area (Å²) in [5.41, 5.74) is 8.56. The van der Waals surface area contributed by atoms with E-state index in [1.807, 2.05) is 36.4 Å². The maximum Gasteiger partial charge on any atom is 0.142 e. The summed E-state index contributed by atoms with van der Waals surface area (Å²) in [7, 11) is 0. The standard InChI is InChI=1S/C17H19N3O/c1-3-7-14(8-4-1)11-16-12-21-13-17(18-16)20-19-15-9-5-2-6-10-15/h1-10,16,19H,11-13H2,(H,18,20)/t16-/m0/s1. The zero-order valence-corrected chi connectivity index (χ0v) is 11.8. The van der Waals surface area contributed by atoms with E-state index < -0.39 is 0 Å². The molecule has 2 aromatic carbocycles. The number of anilines is 1. The van der Waals surface area contributed by atoms with Crippen LogP contribution in [-0.2, 0) is 11.2 Å². The molecule has 1 aliphatic heterocycles. The molecule has 4 heteroatoms. The highest BCUT2D eigenvalue weighted by atomic mass is 16.5. The van der Waals surface area contributed by atoms with Crippen molar-refractivity contribution in [1.29, 1.82) is 0 Å². The highest BCUT2D eigenvalue weighted by molar-refractivity contribution is 5.85. The van der Waals surface area contributed by atoms with Crippen LogP contribution in [-0.4, -0.2) is 25.1 Å². The highest BCUT2D eigenvalue weighted by Gasteiger charge is 2.15. The van der Waals surface area contributed by atoms with E-state index in [4.69, 9.17) is 9.73 Å². The molecule has 2 N–H and O–H groups in total. The molecule has 0 bridgehead atoms. The molecule has 1 atom stereocenters. The van der Waals surface area contributed by atoms with Gasteiger partial charge in [0.15, 0.2) is 0 Å². The summed E-state index contributed by atoms with van der Waals surface area (Å²) in [6.45, 7) is 1.19. The van der Waals surface area contributed by atoms with E-state index in [0.717, 1.165) is 17.9 Å². The second kappa shape index (κ2) is 6.90. The van der Waals surface area contributed by atoms with Crippen molar-refractivity contribution < 1.29 is 4.74 Å². The van der Waals surface area contributed by atoms with Gasteiger partial charge < -0.3 is 4.74 Å². The van der Waals surface area contributed by atoms with Gasteiger partial charge in [-0.05, 0) is 24.1 Å². The largest absolute Gasteiger partial charge is 0.371 e. The summed E-state index contributed by atoms with van der Waals surface area (Å²) in [6, 6.07) is 20.5. The minimum Gasteiger partial charge on any atom is -0.371 e. The summed E-state index contributed by atoms with van der Waals surface area (Å²) in [6.07, 6.45) is 0.900. The van der Waals surface area contributed by atoms with Crippen molar-refractivity contribution >= 4 is 11.5 Å². The molecule has 1 aliphatic rings. The van der Waals surface area contributed by atoms with Crippen LogP contribution in [0.2, 0.25) is 0 Å². The van der Waals surface area contributed by atoms with Crippen LogP contribution >= 0.6 is 0 Å². The van der Waals surface area contributed by atoms with Crippen LogP contribution in [0.1, 0.15) is 5.56 Å². The fourth-order valence-corrected chi connectivity index (χ4v) is 2.31. The molecule has 3 rings (SSSR count). The Balaban J connectivity index is 1.58. The lowest BCUT2D eigenvalue weighted by Crippen LogP contribution is -2.39. The molecule has 0 amide bonds. The Labute approximate surface area is 124 Å². The molecule has 21 heavy (non-hydrogen) atoms. The second-order valence-electron chi connectivity index (χ2n) is 5.05. The summed E-state index contributed by atoms with van der Waals surface area (Å²) in [5, 5.41) is 0. The third-order valence-electron chi connectivity index (χ3n) is 3.33. The molecule has 0 fully saturated rings. The molecular weight excluding hydrogens is 262 g/mol. The molecule has 0 aromatic heterocycles. The molecule has 108 valence electrons. The number of ether oxygens (including phenoxy) is 1. The molecule has 0 saturated heterocycles. The van der Waals surface area contributed by atoms with E-state index >= 15 is 0 Å². The third-order valence-corrected chi connectivity index (χ3v) is 3.33. The molecule has 0 saturated carbocycles. The summed E-state index contributed by atoms with van der Waals surface area (Å²) >= 11 is 0. The van der Waals surface area contributed by atoms with Gasteiger partial charge in [-0.1, -0.05) is 48.5 Å². The van der Waals surface area contributed by atoms with E-state index in [1.165, 1.54) is 5.56 Å². The van der Waals surface area contributed by atoms with E-state index in [0.29, 0.717) is 13.2 Å². The Morgan fingerprint density at radius 1 is 0.952 bits per heavy atom. The Bertz CT molecular complexity index is 583. The molecule has 0 aliphatic carbocycles. The number of rotatable bonds is 4. The molecule has 2 aromatic rings. The van der Waals surface area contributed by atoms with Crippen molar-refractivity contribution in [1.82, 2.24) is 5.43 Å². The van der Waals surface area contributed by atoms with Crippen LogP contribution in [0.3, 0.4) is 0 Å². The number of amidine groups is 1. The minimum atomic E-state index is 0.168. The molecule has 0 unspecified atom stereocenters. The monoisotopic (exact) mass is 281 g/mol. The van der Waals surface area contributed by atoms with Crippen LogP contribution in [0.4, 0.5) is 5.69 Å². The number of nitrogens with zero attached hydrogens (tertiary/aromatic N) is 1. The first-order chi connectivity index (χ1) is 10.4. The summed E-state index contributed by atoms with van der Waals surface area (Å²) in [5.74, 6) is 0.839. The summed E-state index contributed by atoms with van der Waals surface area (Å²) in [4.78, 5) is 4.71. The maximum absolute atomic E-state index is 5.62. The quantitative estimate of drug-likeness (QED) is 0.847. The average molecular weight is 281 g/mol. The Hall–Kier alpha value is -2.33. The lowest BCUT2D eigenvalue weighted by Gasteiger charge is -2.22. The van der Waals surface area contributed by atoms with E-state index in [2.05, 4.69) is 35.1 Å². The van der Waals surface area contributed by atoms with Crippen LogP contribution < -0.4 is 10.9 Å². The molecule has 0 radical (unpaired) electrons. The first kappa shape index (κ1) is 13.6. The molecular formula is C17H19N3O. The Morgan fingerprint density at radius 3 is 2.43 bits per heavy atom. The minimum absolute atomic E-state index is 0.168. The fourth-order valence-electron chi connectivity index (χ4n) is 2.31. The van der Waals surface area contributed by atoms with Crippen LogP contribution in [0.25, 0.3) is 0 Å². The average Bonchev–Trinajstić information content (AvgIpc) is 2.55. The van der Waals surface area contributed by atoms with E-state index in [1.54, 1.807) is 0 Å². The maximum atomic E-state index is 5.62. The first-order valence-electron chi connectivity index (χ1n) is 7.15. The number of hydrazine groups is 1. The smallest absolute Gasteiger partial charge is 0.142 e. The van der Waals surface area contributed by atoms with Gasteiger partial charge in [-0.2, -0.15) is 0 Å². The van der Waals surface area contributed by atoms with Gasteiger partial charge in [0.05, 0.1) is 18.3 Å². The number of benzene rings is 2. The van der Waals surface area contributed by atoms with Crippen LogP contribution in [0.15, 0.2) is 65.7 Å². The number of hydrogen-bond donors (Lipinski definition) is 2. The number of para-hydroxylation sites is 1.